The number of piperidine rings is 1. The first-order chi connectivity index (χ1) is 20.0. The summed E-state index contributed by atoms with van der Waals surface area (Å²) in [6.07, 6.45) is 2.14. The first-order valence-corrected chi connectivity index (χ1v) is 16.2. The molecule has 0 saturated carbocycles. The van der Waals surface area contributed by atoms with E-state index < -0.39 is 28.0 Å². The van der Waals surface area contributed by atoms with E-state index >= 15 is 0 Å². The molecule has 1 amide bonds. The number of halogens is 2. The van der Waals surface area contributed by atoms with Crippen molar-refractivity contribution in [2.24, 2.45) is 0 Å². The van der Waals surface area contributed by atoms with Crippen LogP contribution >= 0.6 is 11.6 Å². The highest BCUT2D eigenvalue weighted by molar-refractivity contribution is 7.88. The molecule has 1 saturated heterocycles. The summed E-state index contributed by atoms with van der Waals surface area (Å²) in [5.74, 6) is -0.811. The van der Waals surface area contributed by atoms with E-state index in [1.165, 1.54) is 34.8 Å². The van der Waals surface area contributed by atoms with Gasteiger partial charge in [0.05, 0.1) is 30.7 Å². The molecule has 226 valence electrons. The van der Waals surface area contributed by atoms with E-state index in [0.29, 0.717) is 53.5 Å². The second-order valence-corrected chi connectivity index (χ2v) is 13.4. The number of carbonyl (C=O) groups excluding carboxylic acids is 1. The van der Waals surface area contributed by atoms with Crippen LogP contribution in [0.25, 0.3) is 11.3 Å². The lowest BCUT2D eigenvalue weighted by Crippen LogP contribution is -2.43. The summed E-state index contributed by atoms with van der Waals surface area (Å²) in [5.41, 5.74) is 3.85. The Morgan fingerprint density at radius 3 is 2.67 bits per heavy atom. The number of nitrogens with zero attached hydrogens (tertiary/aromatic N) is 4. The molecule has 10 nitrogen and oxygen atoms in total. The van der Waals surface area contributed by atoms with Crippen molar-refractivity contribution in [2.45, 2.75) is 51.1 Å². The molecule has 3 N–H and O–H groups in total. The molecular weight excluding hydrogens is 585 g/mol. The van der Waals surface area contributed by atoms with E-state index in [0.717, 1.165) is 30.6 Å². The molecule has 5 rings (SSSR count). The number of amides is 1. The third-order valence-electron chi connectivity index (χ3n) is 7.77. The molecule has 2 unspecified atom stereocenters. The Labute approximate surface area is 249 Å². The summed E-state index contributed by atoms with van der Waals surface area (Å²) >= 11 is 6.47. The Bertz CT molecular complexity index is 1550. The minimum Gasteiger partial charge on any atom is -0.392 e. The second kappa shape index (κ2) is 12.8. The molecule has 0 radical (unpaired) electrons. The first-order valence-electron chi connectivity index (χ1n) is 13.9. The van der Waals surface area contributed by atoms with Gasteiger partial charge < -0.3 is 15.5 Å². The standard InChI is InChI=1S/C29H35ClFN5O5S/c1-42(40,41)35-12-10-27-25(18-35)28(33-36(27)17-24(38)16-34-11-2-3-23(37)15-34)20-6-9-26(30)21(13-20)14-32-29(39)19-4-7-22(31)8-5-19/h4-9,13,23-24,37-38H,2-3,10-12,14-18H2,1H3,(H,32,39). The van der Waals surface area contributed by atoms with Gasteiger partial charge in [0.25, 0.3) is 5.91 Å². The maximum atomic E-state index is 13.2. The molecule has 0 spiro atoms. The van der Waals surface area contributed by atoms with Crippen LogP contribution in [0.5, 0.6) is 0 Å². The van der Waals surface area contributed by atoms with E-state index in [2.05, 4.69) is 5.32 Å². The van der Waals surface area contributed by atoms with Gasteiger partial charge in [-0.1, -0.05) is 17.7 Å². The predicted molar refractivity (Wildman–Crippen MR) is 157 cm³/mol. The highest BCUT2D eigenvalue weighted by atomic mass is 35.5. The molecule has 2 aliphatic heterocycles. The maximum Gasteiger partial charge on any atom is 0.251 e. The van der Waals surface area contributed by atoms with Crippen molar-refractivity contribution in [3.8, 4) is 11.3 Å². The van der Waals surface area contributed by atoms with Gasteiger partial charge in [-0.3, -0.25) is 14.4 Å². The van der Waals surface area contributed by atoms with Crippen molar-refractivity contribution in [2.75, 3.05) is 32.4 Å². The molecule has 3 heterocycles. The van der Waals surface area contributed by atoms with Gasteiger partial charge in [0.1, 0.15) is 5.82 Å². The van der Waals surface area contributed by atoms with Gasteiger partial charge in [0.2, 0.25) is 10.0 Å². The van der Waals surface area contributed by atoms with Gasteiger partial charge in [0.15, 0.2) is 0 Å². The number of fused-ring (bicyclic) bond motifs is 1. The molecular formula is C29H35ClFN5O5S. The maximum absolute atomic E-state index is 13.2. The highest BCUT2D eigenvalue weighted by Gasteiger charge is 2.31. The molecule has 0 aliphatic carbocycles. The van der Waals surface area contributed by atoms with Gasteiger partial charge >= 0.3 is 0 Å². The van der Waals surface area contributed by atoms with E-state index in [-0.39, 0.29) is 25.5 Å². The van der Waals surface area contributed by atoms with Gasteiger partial charge in [-0.15, -0.1) is 0 Å². The van der Waals surface area contributed by atoms with Crippen molar-refractivity contribution in [1.29, 1.82) is 0 Å². The molecule has 2 aliphatic rings. The third kappa shape index (κ3) is 7.19. The van der Waals surface area contributed by atoms with Gasteiger partial charge in [0, 0.05) is 66.6 Å². The number of rotatable bonds is 9. The molecule has 1 aromatic heterocycles. The van der Waals surface area contributed by atoms with E-state index in [1.54, 1.807) is 16.8 Å². The number of sulfonamides is 1. The van der Waals surface area contributed by atoms with Crippen molar-refractivity contribution >= 4 is 27.5 Å². The topological polar surface area (TPSA) is 128 Å². The number of aliphatic hydroxyl groups excluding tert-OH is 2. The lowest BCUT2D eigenvalue weighted by atomic mass is 10.0. The van der Waals surface area contributed by atoms with Crippen LogP contribution in [0.15, 0.2) is 42.5 Å². The number of likely N-dealkylation sites (tertiary alicyclic amines) is 1. The van der Waals surface area contributed by atoms with E-state index in [9.17, 15) is 27.8 Å². The Morgan fingerprint density at radius 2 is 1.95 bits per heavy atom. The highest BCUT2D eigenvalue weighted by Crippen LogP contribution is 2.33. The third-order valence-corrected chi connectivity index (χ3v) is 9.38. The molecule has 2 aromatic carbocycles. The zero-order valence-electron chi connectivity index (χ0n) is 23.3. The van der Waals surface area contributed by atoms with Crippen molar-refractivity contribution < 1.29 is 27.8 Å². The minimum absolute atomic E-state index is 0.113. The molecule has 42 heavy (non-hydrogen) atoms. The fourth-order valence-corrected chi connectivity index (χ4v) is 6.59. The largest absolute Gasteiger partial charge is 0.392 e. The number of β-amino-alcohol motifs (C(OH)–C–C–N with tert-alkyl or cyclic N) is 2. The summed E-state index contributed by atoms with van der Waals surface area (Å²) in [6.45, 7) is 2.53. The first kappa shape index (κ1) is 30.6. The molecule has 1 fully saturated rings. The van der Waals surface area contributed by atoms with Crippen LogP contribution in [-0.4, -0.2) is 88.2 Å². The number of benzene rings is 2. The monoisotopic (exact) mass is 619 g/mol. The van der Waals surface area contributed by atoms with E-state index in [4.69, 9.17) is 16.7 Å². The summed E-state index contributed by atoms with van der Waals surface area (Å²) in [7, 11) is -3.44. The Kier molecular flexibility index (Phi) is 9.31. The van der Waals surface area contributed by atoms with Crippen molar-refractivity contribution in [3.63, 3.8) is 0 Å². The second-order valence-electron chi connectivity index (χ2n) is 11.0. The lowest BCUT2D eigenvalue weighted by Gasteiger charge is -2.31. The predicted octanol–water partition coefficient (Wildman–Crippen LogP) is 2.41. The van der Waals surface area contributed by atoms with Gasteiger partial charge in [-0.25, -0.2) is 12.8 Å². The summed E-state index contributed by atoms with van der Waals surface area (Å²) in [4.78, 5) is 14.6. The quantitative estimate of drug-likeness (QED) is 0.336. The summed E-state index contributed by atoms with van der Waals surface area (Å²) in [6, 6.07) is 10.5. The Hall–Kier alpha value is -2.87. The molecule has 0 bridgehead atoms. The fraction of sp³-hybridized carbons (Fsp3) is 0.448. The Balaban J connectivity index is 1.40. The van der Waals surface area contributed by atoms with Crippen molar-refractivity contribution in [1.82, 2.24) is 24.3 Å². The van der Waals surface area contributed by atoms with Crippen LogP contribution < -0.4 is 5.32 Å². The van der Waals surface area contributed by atoms with Gasteiger partial charge in [-0.05, 0) is 61.3 Å². The number of hydrogen-bond acceptors (Lipinski definition) is 7. The number of aliphatic hydroxyl groups is 2. The number of carbonyl (C=O) groups is 1. The number of nitrogens with one attached hydrogen (secondary N) is 1. The lowest BCUT2D eigenvalue weighted by molar-refractivity contribution is 0.0335. The summed E-state index contributed by atoms with van der Waals surface area (Å²) in [5, 5.41) is 29.0. The zero-order valence-corrected chi connectivity index (χ0v) is 24.9. The number of aromatic nitrogens is 2. The van der Waals surface area contributed by atoms with Crippen LogP contribution in [0.4, 0.5) is 4.39 Å². The van der Waals surface area contributed by atoms with E-state index in [1.807, 2.05) is 11.0 Å². The minimum atomic E-state index is -3.44. The SMILES string of the molecule is CS(=O)(=O)N1CCc2c(c(-c3ccc(Cl)c(CNC(=O)c4ccc(F)cc4)c3)nn2CC(O)CN2CCCC(O)C2)C1. The zero-order chi connectivity index (χ0) is 30.0. The van der Waals surface area contributed by atoms with Crippen LogP contribution in [0.2, 0.25) is 5.02 Å². The Morgan fingerprint density at radius 1 is 1.19 bits per heavy atom. The van der Waals surface area contributed by atoms with Crippen LogP contribution in [0.3, 0.4) is 0 Å². The van der Waals surface area contributed by atoms with Crippen LogP contribution in [0.1, 0.15) is 40.0 Å². The van der Waals surface area contributed by atoms with Crippen molar-refractivity contribution in [3.05, 3.63) is 75.7 Å². The average Bonchev–Trinajstić information content (AvgIpc) is 3.29. The van der Waals surface area contributed by atoms with Crippen LogP contribution in [0, 0.1) is 5.82 Å². The summed E-state index contributed by atoms with van der Waals surface area (Å²) < 4.78 is 41.2. The molecule has 3 aromatic rings. The number of hydrogen-bond donors (Lipinski definition) is 3. The van der Waals surface area contributed by atoms with Crippen LogP contribution in [-0.2, 0) is 36.1 Å². The molecule has 2 atom stereocenters. The normalized spacial score (nSPS) is 18.9. The average molecular weight is 620 g/mol. The van der Waals surface area contributed by atoms with Gasteiger partial charge in [-0.2, -0.15) is 9.40 Å². The fourth-order valence-electron chi connectivity index (χ4n) is 5.62. The molecule has 13 heteroatoms. The smallest absolute Gasteiger partial charge is 0.251 e.